The molecule has 1 unspecified atom stereocenters. The fraction of sp³-hybridized carbons (Fsp3) is 0.474. The number of fused-ring (bicyclic) bond motifs is 1. The minimum absolute atomic E-state index is 0.348. The van der Waals surface area contributed by atoms with Gasteiger partial charge in [0.05, 0.1) is 20.9 Å². The van der Waals surface area contributed by atoms with Crippen LogP contribution < -0.4 is 0 Å². The fourth-order valence-corrected chi connectivity index (χ4v) is 4.29. The van der Waals surface area contributed by atoms with Crippen LogP contribution in [-0.4, -0.2) is 53.2 Å². The molecule has 0 radical (unpaired) electrons. The Bertz CT molecular complexity index is 812. The highest BCUT2D eigenvalue weighted by Crippen LogP contribution is 2.33. The van der Waals surface area contributed by atoms with Gasteiger partial charge in [-0.25, -0.2) is 9.78 Å². The number of carbonyl (C=O) groups is 1. The predicted octanol–water partition coefficient (Wildman–Crippen LogP) is 4.32. The van der Waals surface area contributed by atoms with Gasteiger partial charge in [-0.05, 0) is 38.6 Å². The second kappa shape index (κ2) is 7.14. The van der Waals surface area contributed by atoms with Gasteiger partial charge in [-0.2, -0.15) is 0 Å². The third-order valence-electron chi connectivity index (χ3n) is 4.49. The standard InChI is InChI=1S/C19H25N3O2S/c1-12-5-7-16(22(10-12)19(23)24)14-6-8-17-15(9-14)20-18(25-17)13(2)11-21(3)4/h6-9,12-13H,5,10-11H2,1-4H3,(H,23,24)/t12-,13?/m0/s1. The SMILES string of the molecule is CC(CN(C)C)c1nc2cc(C3=CC[C@H](C)CN3C(=O)O)ccc2s1. The monoisotopic (exact) mass is 359 g/mol. The molecule has 2 atom stereocenters. The van der Waals surface area contributed by atoms with Crippen LogP contribution in [0.1, 0.15) is 36.8 Å². The summed E-state index contributed by atoms with van der Waals surface area (Å²) < 4.78 is 1.15. The van der Waals surface area contributed by atoms with E-state index in [1.165, 1.54) is 4.90 Å². The minimum Gasteiger partial charge on any atom is -0.465 e. The van der Waals surface area contributed by atoms with Crippen LogP contribution in [0, 0.1) is 5.92 Å². The smallest absolute Gasteiger partial charge is 0.411 e. The molecule has 1 N–H and O–H groups in total. The number of carboxylic acid groups (broad SMARTS) is 1. The van der Waals surface area contributed by atoms with Gasteiger partial charge in [0.1, 0.15) is 0 Å². The van der Waals surface area contributed by atoms with Crippen LogP contribution in [0.5, 0.6) is 0 Å². The maximum atomic E-state index is 11.6. The molecular formula is C19H25N3O2S. The Hall–Kier alpha value is -1.92. The molecule has 0 saturated heterocycles. The Morgan fingerprint density at radius 3 is 2.92 bits per heavy atom. The first-order valence-corrected chi connectivity index (χ1v) is 9.43. The number of nitrogens with zero attached hydrogens (tertiary/aromatic N) is 3. The normalized spacial score (nSPS) is 19.3. The van der Waals surface area contributed by atoms with E-state index in [-0.39, 0.29) is 0 Å². The van der Waals surface area contributed by atoms with Crippen molar-refractivity contribution in [2.75, 3.05) is 27.2 Å². The van der Waals surface area contributed by atoms with Gasteiger partial charge < -0.3 is 10.0 Å². The first kappa shape index (κ1) is 17.9. The molecule has 0 aliphatic carbocycles. The quantitative estimate of drug-likeness (QED) is 0.883. The Balaban J connectivity index is 1.94. The highest BCUT2D eigenvalue weighted by Gasteiger charge is 2.25. The van der Waals surface area contributed by atoms with Crippen molar-refractivity contribution >= 4 is 33.3 Å². The third-order valence-corrected chi connectivity index (χ3v) is 5.76. The lowest BCUT2D eigenvalue weighted by atomic mass is 9.98. The summed E-state index contributed by atoms with van der Waals surface area (Å²) >= 11 is 1.72. The lowest BCUT2D eigenvalue weighted by Gasteiger charge is -2.29. The molecule has 0 spiro atoms. The van der Waals surface area contributed by atoms with Crippen LogP contribution in [0.4, 0.5) is 4.79 Å². The number of hydrogen-bond acceptors (Lipinski definition) is 4. The molecule has 2 heterocycles. The van der Waals surface area contributed by atoms with E-state index in [0.29, 0.717) is 18.4 Å². The second-order valence-electron chi connectivity index (χ2n) is 7.22. The van der Waals surface area contributed by atoms with Crippen molar-refractivity contribution in [2.45, 2.75) is 26.2 Å². The molecule has 1 aromatic carbocycles. The largest absolute Gasteiger partial charge is 0.465 e. The van der Waals surface area contributed by atoms with Crippen molar-refractivity contribution in [2.24, 2.45) is 5.92 Å². The molecular weight excluding hydrogens is 334 g/mol. The zero-order chi connectivity index (χ0) is 18.1. The van der Waals surface area contributed by atoms with Gasteiger partial charge in [0.15, 0.2) is 0 Å². The number of thiazole rings is 1. The highest BCUT2D eigenvalue weighted by atomic mass is 32.1. The Morgan fingerprint density at radius 2 is 2.24 bits per heavy atom. The van der Waals surface area contributed by atoms with Crippen LogP contribution in [0.25, 0.3) is 15.9 Å². The van der Waals surface area contributed by atoms with Crippen LogP contribution in [-0.2, 0) is 0 Å². The second-order valence-corrected chi connectivity index (χ2v) is 8.28. The number of hydrogen-bond donors (Lipinski definition) is 1. The number of allylic oxidation sites excluding steroid dienone is 1. The van der Waals surface area contributed by atoms with Crippen LogP contribution in [0.15, 0.2) is 24.3 Å². The van der Waals surface area contributed by atoms with E-state index in [1.807, 2.05) is 18.2 Å². The zero-order valence-corrected chi connectivity index (χ0v) is 16.0. The van der Waals surface area contributed by atoms with E-state index < -0.39 is 6.09 Å². The average Bonchev–Trinajstić information content (AvgIpc) is 2.97. The molecule has 0 saturated carbocycles. The molecule has 1 aliphatic heterocycles. The summed E-state index contributed by atoms with van der Waals surface area (Å²) in [4.78, 5) is 20.0. The molecule has 3 rings (SSSR count). The van der Waals surface area contributed by atoms with Gasteiger partial charge in [0, 0.05) is 24.6 Å². The molecule has 1 aromatic heterocycles. The third kappa shape index (κ3) is 3.85. The summed E-state index contributed by atoms with van der Waals surface area (Å²) in [5.41, 5.74) is 2.66. The first-order chi connectivity index (χ1) is 11.8. The lowest BCUT2D eigenvalue weighted by Crippen LogP contribution is -2.34. The minimum atomic E-state index is -0.892. The van der Waals surface area contributed by atoms with Gasteiger partial charge in [0.2, 0.25) is 0 Å². The molecule has 1 aliphatic rings. The van der Waals surface area contributed by atoms with Crippen molar-refractivity contribution in [3.05, 3.63) is 34.8 Å². The Labute approximate surface area is 152 Å². The van der Waals surface area contributed by atoms with Crippen LogP contribution in [0.2, 0.25) is 0 Å². The van der Waals surface area contributed by atoms with Gasteiger partial charge in [0.25, 0.3) is 0 Å². The van der Waals surface area contributed by atoms with Gasteiger partial charge in [-0.1, -0.05) is 26.0 Å². The van der Waals surface area contributed by atoms with Crippen molar-refractivity contribution in [1.29, 1.82) is 0 Å². The molecule has 1 amide bonds. The molecule has 6 heteroatoms. The van der Waals surface area contributed by atoms with Crippen LogP contribution >= 0.6 is 11.3 Å². The van der Waals surface area contributed by atoms with Gasteiger partial charge in [-0.15, -0.1) is 11.3 Å². The van der Waals surface area contributed by atoms with E-state index in [1.54, 1.807) is 11.3 Å². The summed E-state index contributed by atoms with van der Waals surface area (Å²) in [5, 5.41) is 10.7. The van der Waals surface area contributed by atoms with E-state index in [0.717, 1.165) is 39.5 Å². The first-order valence-electron chi connectivity index (χ1n) is 8.61. The number of benzene rings is 1. The van der Waals surface area contributed by atoms with Crippen molar-refractivity contribution in [3.8, 4) is 0 Å². The van der Waals surface area contributed by atoms with Crippen LogP contribution in [0.3, 0.4) is 0 Å². The lowest BCUT2D eigenvalue weighted by molar-refractivity contribution is 0.159. The number of likely N-dealkylation sites (N-methyl/N-ethyl adjacent to an activating group) is 1. The summed E-state index contributed by atoms with van der Waals surface area (Å²) in [6, 6.07) is 6.10. The Morgan fingerprint density at radius 1 is 1.48 bits per heavy atom. The summed E-state index contributed by atoms with van der Waals surface area (Å²) in [7, 11) is 4.14. The fourth-order valence-electron chi connectivity index (χ4n) is 3.30. The molecule has 0 fully saturated rings. The summed E-state index contributed by atoms with van der Waals surface area (Å²) in [6.07, 6.45) is 2.04. The Kier molecular flexibility index (Phi) is 5.11. The van der Waals surface area contributed by atoms with Crippen molar-refractivity contribution in [3.63, 3.8) is 0 Å². The van der Waals surface area contributed by atoms with Gasteiger partial charge in [-0.3, -0.25) is 4.90 Å². The predicted molar refractivity (Wildman–Crippen MR) is 103 cm³/mol. The summed E-state index contributed by atoms with van der Waals surface area (Å²) in [5.74, 6) is 0.724. The number of amides is 1. The maximum absolute atomic E-state index is 11.6. The molecule has 0 bridgehead atoms. The topological polar surface area (TPSA) is 56.7 Å². The van der Waals surface area contributed by atoms with Crippen molar-refractivity contribution < 1.29 is 9.90 Å². The molecule has 134 valence electrons. The van der Waals surface area contributed by atoms with E-state index in [4.69, 9.17) is 4.98 Å². The van der Waals surface area contributed by atoms with E-state index in [9.17, 15) is 9.90 Å². The molecule has 2 aromatic rings. The summed E-state index contributed by atoms with van der Waals surface area (Å²) in [6.45, 7) is 5.77. The van der Waals surface area contributed by atoms with E-state index >= 15 is 0 Å². The van der Waals surface area contributed by atoms with E-state index in [2.05, 4.69) is 38.9 Å². The maximum Gasteiger partial charge on any atom is 0.411 e. The number of rotatable bonds is 4. The highest BCUT2D eigenvalue weighted by molar-refractivity contribution is 7.18. The molecule has 5 nitrogen and oxygen atoms in total. The average molecular weight is 359 g/mol. The number of aromatic nitrogens is 1. The molecule has 25 heavy (non-hydrogen) atoms. The van der Waals surface area contributed by atoms with Crippen molar-refractivity contribution in [1.82, 2.24) is 14.8 Å². The van der Waals surface area contributed by atoms with Gasteiger partial charge >= 0.3 is 6.09 Å². The zero-order valence-electron chi connectivity index (χ0n) is 15.2.